The molecule has 0 aliphatic rings. The lowest BCUT2D eigenvalue weighted by Crippen LogP contribution is -2.60. The van der Waals surface area contributed by atoms with Crippen LogP contribution < -0.4 is 0 Å². The van der Waals surface area contributed by atoms with Crippen LogP contribution in [0.15, 0.2) is 0 Å². The molecule has 0 saturated heterocycles. The summed E-state index contributed by atoms with van der Waals surface area (Å²) in [4.78, 5) is 4.67. The highest BCUT2D eigenvalue weighted by atomic mass is 15.4. The van der Waals surface area contributed by atoms with E-state index in [-0.39, 0.29) is 5.56 Å². The van der Waals surface area contributed by atoms with E-state index in [0.717, 1.165) is 32.6 Å². The molecular weight excluding hydrogens is 171 g/mol. The first-order chi connectivity index (χ1) is 6.60. The minimum absolute atomic E-state index is 0.257. The fraction of sp³-hybridized carbons (Fsp3) is 1.00. The summed E-state index contributed by atoms with van der Waals surface area (Å²) in [5.74, 6) is 0. The Morgan fingerprint density at radius 1 is 0.786 bits per heavy atom. The van der Waals surface area contributed by atoms with Crippen LogP contribution in [-0.2, 0) is 0 Å². The van der Waals surface area contributed by atoms with Crippen molar-refractivity contribution < 1.29 is 0 Å². The van der Waals surface area contributed by atoms with Gasteiger partial charge in [0, 0.05) is 5.56 Å². The Labute approximate surface area is 91.1 Å². The van der Waals surface area contributed by atoms with Gasteiger partial charge < -0.3 is 0 Å². The van der Waals surface area contributed by atoms with Gasteiger partial charge in [-0.15, -0.1) is 0 Å². The Bertz CT molecular complexity index is 130. The van der Waals surface area contributed by atoms with Crippen LogP contribution >= 0.6 is 0 Å². The summed E-state index contributed by atoms with van der Waals surface area (Å²) in [6, 6.07) is 0. The predicted octanol–water partition coefficient (Wildman–Crippen LogP) is 1.90. The maximum absolute atomic E-state index is 6.48. The van der Waals surface area contributed by atoms with Crippen molar-refractivity contribution in [3.8, 4) is 0 Å². The van der Waals surface area contributed by atoms with Gasteiger partial charge in [-0.1, -0.05) is 34.6 Å². The first kappa shape index (κ1) is 14.0. The molecule has 0 fully saturated rings. The van der Waals surface area contributed by atoms with Gasteiger partial charge in [-0.3, -0.25) is 9.80 Å². The standard InChI is InChI=1S/C11H25BN2/c1-6-11(12,13(7-2)8-3)14(9-4)10-5/h6-10H2,1-5H3. The number of nitrogens with zero attached hydrogens (tertiary/aromatic N) is 2. The number of rotatable bonds is 7. The molecule has 0 aliphatic carbocycles. The lowest BCUT2D eigenvalue weighted by Gasteiger charge is -2.48. The van der Waals surface area contributed by atoms with Crippen LogP contribution in [0.4, 0.5) is 0 Å². The first-order valence-corrected chi connectivity index (χ1v) is 5.89. The summed E-state index contributed by atoms with van der Waals surface area (Å²) in [5, 5.41) is 0. The van der Waals surface area contributed by atoms with Crippen LogP contribution in [0.5, 0.6) is 0 Å². The molecule has 0 spiro atoms. The van der Waals surface area contributed by atoms with Crippen molar-refractivity contribution in [3.05, 3.63) is 0 Å². The SMILES string of the molecule is [B]C(CC)(N(CC)CC)N(CC)CC. The van der Waals surface area contributed by atoms with Crippen LogP contribution in [0.25, 0.3) is 0 Å². The van der Waals surface area contributed by atoms with E-state index in [2.05, 4.69) is 44.4 Å². The largest absolute Gasteiger partial charge is 0.294 e. The summed E-state index contributed by atoms with van der Waals surface area (Å²) in [6.45, 7) is 14.9. The molecular formula is C11H25BN2. The normalized spacial score (nSPS) is 12.8. The Kier molecular flexibility index (Phi) is 6.46. The zero-order chi connectivity index (χ0) is 11.2. The van der Waals surface area contributed by atoms with Crippen molar-refractivity contribution in [2.24, 2.45) is 0 Å². The summed E-state index contributed by atoms with van der Waals surface area (Å²) in [6.07, 6.45) is 0.969. The highest BCUT2D eigenvalue weighted by Gasteiger charge is 2.31. The van der Waals surface area contributed by atoms with Crippen LogP contribution in [0, 0.1) is 0 Å². The summed E-state index contributed by atoms with van der Waals surface area (Å²) < 4.78 is 0. The molecule has 3 heteroatoms. The van der Waals surface area contributed by atoms with E-state index in [9.17, 15) is 0 Å². The monoisotopic (exact) mass is 196 g/mol. The van der Waals surface area contributed by atoms with E-state index in [0.29, 0.717) is 0 Å². The summed E-state index contributed by atoms with van der Waals surface area (Å²) in [5.41, 5.74) is -0.257. The summed E-state index contributed by atoms with van der Waals surface area (Å²) in [7, 11) is 6.48. The molecule has 0 aromatic heterocycles. The van der Waals surface area contributed by atoms with E-state index < -0.39 is 0 Å². The van der Waals surface area contributed by atoms with Crippen LogP contribution in [-0.4, -0.2) is 49.4 Å². The molecule has 0 heterocycles. The van der Waals surface area contributed by atoms with Gasteiger partial charge in [0.05, 0.1) is 0 Å². The van der Waals surface area contributed by atoms with Gasteiger partial charge in [-0.25, -0.2) is 0 Å². The summed E-state index contributed by atoms with van der Waals surface area (Å²) >= 11 is 0. The molecule has 0 N–H and O–H groups in total. The van der Waals surface area contributed by atoms with Crippen molar-refractivity contribution in [3.63, 3.8) is 0 Å². The zero-order valence-electron chi connectivity index (χ0n) is 10.5. The molecule has 0 bridgehead atoms. The maximum atomic E-state index is 6.48. The first-order valence-electron chi connectivity index (χ1n) is 5.89. The Morgan fingerprint density at radius 3 is 1.21 bits per heavy atom. The number of hydrogen-bond acceptors (Lipinski definition) is 2. The molecule has 0 aliphatic heterocycles. The molecule has 0 atom stereocenters. The predicted molar refractivity (Wildman–Crippen MR) is 64.6 cm³/mol. The smallest absolute Gasteiger partial charge is 0.118 e. The topological polar surface area (TPSA) is 6.48 Å². The van der Waals surface area contributed by atoms with E-state index in [1.54, 1.807) is 0 Å². The lowest BCUT2D eigenvalue weighted by molar-refractivity contribution is 0.0154. The van der Waals surface area contributed by atoms with Gasteiger partial charge in [0.1, 0.15) is 7.85 Å². The van der Waals surface area contributed by atoms with E-state index in [4.69, 9.17) is 7.85 Å². The van der Waals surface area contributed by atoms with Crippen LogP contribution in [0.1, 0.15) is 41.0 Å². The molecule has 0 unspecified atom stereocenters. The third-order valence-corrected chi connectivity index (χ3v) is 3.14. The second kappa shape index (κ2) is 6.47. The maximum Gasteiger partial charge on any atom is 0.118 e. The molecule has 82 valence electrons. The molecule has 0 aromatic carbocycles. The highest BCUT2D eigenvalue weighted by Crippen LogP contribution is 2.20. The van der Waals surface area contributed by atoms with Gasteiger partial charge >= 0.3 is 0 Å². The quantitative estimate of drug-likeness (QED) is 0.453. The molecule has 2 radical (unpaired) electrons. The zero-order valence-corrected chi connectivity index (χ0v) is 10.5. The second-order valence-corrected chi connectivity index (χ2v) is 3.58. The van der Waals surface area contributed by atoms with E-state index >= 15 is 0 Å². The van der Waals surface area contributed by atoms with E-state index in [1.807, 2.05) is 0 Å². The van der Waals surface area contributed by atoms with Crippen molar-refractivity contribution in [2.75, 3.05) is 26.2 Å². The minimum atomic E-state index is -0.257. The highest BCUT2D eigenvalue weighted by molar-refractivity contribution is 6.14. The van der Waals surface area contributed by atoms with Crippen LogP contribution in [0.2, 0.25) is 0 Å². The van der Waals surface area contributed by atoms with Crippen molar-refractivity contribution >= 4 is 7.85 Å². The van der Waals surface area contributed by atoms with Crippen LogP contribution in [0.3, 0.4) is 0 Å². The Balaban J connectivity index is 4.72. The second-order valence-electron chi connectivity index (χ2n) is 3.58. The molecule has 2 nitrogen and oxygen atoms in total. The molecule has 14 heavy (non-hydrogen) atoms. The Morgan fingerprint density at radius 2 is 1.07 bits per heavy atom. The number of hydrogen-bond donors (Lipinski definition) is 0. The van der Waals surface area contributed by atoms with Gasteiger partial charge in [-0.05, 0) is 32.6 Å². The third-order valence-electron chi connectivity index (χ3n) is 3.14. The molecule has 0 rings (SSSR count). The van der Waals surface area contributed by atoms with Gasteiger partial charge in [0.25, 0.3) is 0 Å². The molecule has 0 aromatic rings. The molecule has 0 saturated carbocycles. The fourth-order valence-electron chi connectivity index (χ4n) is 2.19. The third kappa shape index (κ3) is 2.74. The van der Waals surface area contributed by atoms with Crippen molar-refractivity contribution in [2.45, 2.75) is 46.6 Å². The lowest BCUT2D eigenvalue weighted by atomic mass is 9.80. The fourth-order valence-corrected chi connectivity index (χ4v) is 2.19. The average Bonchev–Trinajstić information content (AvgIpc) is 2.21. The minimum Gasteiger partial charge on any atom is -0.294 e. The Hall–Kier alpha value is -0.0151. The van der Waals surface area contributed by atoms with Gasteiger partial charge in [0.15, 0.2) is 0 Å². The van der Waals surface area contributed by atoms with Gasteiger partial charge in [0.2, 0.25) is 0 Å². The van der Waals surface area contributed by atoms with Crippen molar-refractivity contribution in [1.82, 2.24) is 9.80 Å². The molecule has 0 amide bonds. The van der Waals surface area contributed by atoms with Gasteiger partial charge in [-0.2, -0.15) is 0 Å². The average molecular weight is 196 g/mol. The van der Waals surface area contributed by atoms with Crippen molar-refractivity contribution in [1.29, 1.82) is 0 Å². The van der Waals surface area contributed by atoms with E-state index in [1.165, 1.54) is 0 Å².